The fourth-order valence-electron chi connectivity index (χ4n) is 1.90. The Bertz CT molecular complexity index is 305. The van der Waals surface area contributed by atoms with Crippen LogP contribution in [0.15, 0.2) is 0 Å². The van der Waals surface area contributed by atoms with E-state index in [9.17, 15) is 9.59 Å². The molecule has 5 atom stereocenters. The Balaban J connectivity index is 4.24. The molecule has 5 N–H and O–H groups in total. The number of aliphatic hydroxyl groups excluding tert-OH is 1. The molecule has 0 rings (SSSR count). The van der Waals surface area contributed by atoms with Gasteiger partial charge in [0, 0.05) is 6.04 Å². The fourth-order valence-corrected chi connectivity index (χ4v) is 1.90. The zero-order valence-corrected chi connectivity index (χ0v) is 12.1. The molecular formula is C13H26N2O4. The molecule has 0 saturated carbocycles. The summed E-state index contributed by atoms with van der Waals surface area (Å²) >= 11 is 0. The SMILES string of the molecule is CC(N)CC(C)CC(C)C(=O)OC(=O)[C@@H](N)[C@@H](C)O. The van der Waals surface area contributed by atoms with E-state index in [1.54, 1.807) is 6.92 Å². The van der Waals surface area contributed by atoms with Crippen molar-refractivity contribution in [3.05, 3.63) is 0 Å². The van der Waals surface area contributed by atoms with Gasteiger partial charge < -0.3 is 21.3 Å². The van der Waals surface area contributed by atoms with Gasteiger partial charge in [-0.25, -0.2) is 4.79 Å². The van der Waals surface area contributed by atoms with Crippen LogP contribution in [-0.4, -0.2) is 35.2 Å². The number of esters is 2. The quantitative estimate of drug-likeness (QED) is 0.450. The van der Waals surface area contributed by atoms with Crippen molar-refractivity contribution in [3.63, 3.8) is 0 Å². The minimum absolute atomic E-state index is 0.0727. The van der Waals surface area contributed by atoms with Crippen LogP contribution in [-0.2, 0) is 14.3 Å². The second-order valence-corrected chi connectivity index (χ2v) is 5.46. The summed E-state index contributed by atoms with van der Waals surface area (Å²) in [7, 11) is 0. The molecule has 0 spiro atoms. The standard InChI is InChI=1S/C13H26N2O4/c1-7(6-9(3)14)5-8(2)12(17)19-13(18)11(15)10(4)16/h7-11,16H,5-6,14-15H2,1-4H3/t7?,8?,9?,10-,11+/m1/s1. The largest absolute Gasteiger partial charge is 0.392 e. The van der Waals surface area contributed by atoms with Crippen molar-refractivity contribution in [1.82, 2.24) is 0 Å². The highest BCUT2D eigenvalue weighted by Crippen LogP contribution is 2.17. The van der Waals surface area contributed by atoms with Gasteiger partial charge in [-0.2, -0.15) is 0 Å². The van der Waals surface area contributed by atoms with E-state index >= 15 is 0 Å². The van der Waals surface area contributed by atoms with E-state index in [1.165, 1.54) is 6.92 Å². The first-order valence-electron chi connectivity index (χ1n) is 6.59. The average Bonchev–Trinajstić information content (AvgIpc) is 2.25. The number of rotatable bonds is 7. The van der Waals surface area contributed by atoms with Crippen molar-refractivity contribution in [2.45, 2.75) is 58.7 Å². The Morgan fingerprint density at radius 2 is 1.58 bits per heavy atom. The highest BCUT2D eigenvalue weighted by Gasteiger charge is 2.26. The van der Waals surface area contributed by atoms with Crippen molar-refractivity contribution in [2.24, 2.45) is 23.3 Å². The highest BCUT2D eigenvalue weighted by atomic mass is 16.6. The summed E-state index contributed by atoms with van der Waals surface area (Å²) in [5, 5.41) is 9.14. The molecule has 0 aromatic rings. The fraction of sp³-hybridized carbons (Fsp3) is 0.846. The van der Waals surface area contributed by atoms with Crippen LogP contribution < -0.4 is 11.5 Å². The van der Waals surface area contributed by atoms with Crippen LogP contribution in [0, 0.1) is 11.8 Å². The molecule has 0 saturated heterocycles. The number of aliphatic hydroxyl groups is 1. The Kier molecular flexibility index (Phi) is 7.82. The molecule has 0 fully saturated rings. The molecular weight excluding hydrogens is 248 g/mol. The Labute approximate surface area is 114 Å². The molecule has 0 amide bonds. The number of ether oxygens (including phenoxy) is 1. The van der Waals surface area contributed by atoms with Crippen molar-refractivity contribution in [1.29, 1.82) is 0 Å². The zero-order valence-electron chi connectivity index (χ0n) is 12.1. The number of hydrogen-bond acceptors (Lipinski definition) is 6. The smallest absolute Gasteiger partial charge is 0.333 e. The highest BCUT2D eigenvalue weighted by molar-refractivity contribution is 5.89. The van der Waals surface area contributed by atoms with E-state index in [2.05, 4.69) is 4.74 Å². The van der Waals surface area contributed by atoms with Gasteiger partial charge in [0.05, 0.1) is 12.0 Å². The molecule has 6 heteroatoms. The minimum atomic E-state index is -1.20. The first-order valence-corrected chi connectivity index (χ1v) is 6.59. The van der Waals surface area contributed by atoms with Crippen LogP contribution in [0.2, 0.25) is 0 Å². The molecule has 19 heavy (non-hydrogen) atoms. The molecule has 0 aliphatic rings. The summed E-state index contributed by atoms with van der Waals surface area (Å²) in [5.74, 6) is -1.65. The number of carbonyl (C=O) groups excluding carboxylic acids is 2. The molecule has 3 unspecified atom stereocenters. The van der Waals surface area contributed by atoms with Gasteiger partial charge in [0.15, 0.2) is 0 Å². The van der Waals surface area contributed by atoms with E-state index in [0.717, 1.165) is 6.42 Å². The van der Waals surface area contributed by atoms with Gasteiger partial charge in [0.25, 0.3) is 0 Å². The van der Waals surface area contributed by atoms with E-state index in [1.807, 2.05) is 13.8 Å². The molecule has 112 valence electrons. The number of hydrogen-bond donors (Lipinski definition) is 3. The lowest BCUT2D eigenvalue weighted by atomic mass is 9.92. The molecule has 0 aliphatic heterocycles. The van der Waals surface area contributed by atoms with Gasteiger partial charge in [-0.15, -0.1) is 0 Å². The third-order valence-corrected chi connectivity index (χ3v) is 2.93. The number of carbonyl (C=O) groups is 2. The first-order chi connectivity index (χ1) is 8.65. The lowest BCUT2D eigenvalue weighted by Gasteiger charge is -2.18. The van der Waals surface area contributed by atoms with Gasteiger partial charge in [-0.3, -0.25) is 4.79 Å². The second-order valence-electron chi connectivity index (χ2n) is 5.46. The van der Waals surface area contributed by atoms with Crippen LogP contribution in [0.1, 0.15) is 40.5 Å². The third kappa shape index (κ3) is 7.25. The maximum atomic E-state index is 11.7. The topological polar surface area (TPSA) is 116 Å². The van der Waals surface area contributed by atoms with E-state index in [-0.39, 0.29) is 12.0 Å². The van der Waals surface area contributed by atoms with Gasteiger partial charge >= 0.3 is 11.9 Å². The Morgan fingerprint density at radius 1 is 1.05 bits per heavy atom. The summed E-state index contributed by atoms with van der Waals surface area (Å²) in [4.78, 5) is 23.1. The number of nitrogens with two attached hydrogens (primary N) is 2. The maximum Gasteiger partial charge on any atom is 0.333 e. The monoisotopic (exact) mass is 274 g/mol. The molecule has 0 heterocycles. The molecule has 0 bridgehead atoms. The Morgan fingerprint density at radius 3 is 2.00 bits per heavy atom. The zero-order chi connectivity index (χ0) is 15.2. The molecule has 0 aromatic carbocycles. The van der Waals surface area contributed by atoms with Crippen molar-refractivity contribution in [3.8, 4) is 0 Å². The summed E-state index contributed by atoms with van der Waals surface area (Å²) in [6.07, 6.45) is 0.351. The van der Waals surface area contributed by atoms with Crippen LogP contribution in [0.4, 0.5) is 0 Å². The van der Waals surface area contributed by atoms with Crippen LogP contribution in [0.3, 0.4) is 0 Å². The van der Waals surface area contributed by atoms with Crippen molar-refractivity contribution < 1.29 is 19.4 Å². The first kappa shape index (κ1) is 18.0. The summed E-state index contributed by atoms with van der Waals surface area (Å²) in [5.41, 5.74) is 11.1. The lowest BCUT2D eigenvalue weighted by molar-refractivity contribution is -0.164. The minimum Gasteiger partial charge on any atom is -0.392 e. The van der Waals surface area contributed by atoms with Gasteiger partial charge in [-0.1, -0.05) is 13.8 Å². The Hall–Kier alpha value is -0.980. The van der Waals surface area contributed by atoms with E-state index in [4.69, 9.17) is 16.6 Å². The molecule has 6 nitrogen and oxygen atoms in total. The molecule has 0 aromatic heterocycles. The van der Waals surface area contributed by atoms with E-state index < -0.39 is 30.0 Å². The van der Waals surface area contributed by atoms with Gasteiger partial charge in [0.1, 0.15) is 6.04 Å². The van der Waals surface area contributed by atoms with Crippen LogP contribution in [0.25, 0.3) is 0 Å². The third-order valence-electron chi connectivity index (χ3n) is 2.93. The summed E-state index contributed by atoms with van der Waals surface area (Å²) in [6, 6.07) is -1.12. The van der Waals surface area contributed by atoms with Crippen molar-refractivity contribution in [2.75, 3.05) is 0 Å². The predicted molar refractivity (Wildman–Crippen MR) is 72.0 cm³/mol. The van der Waals surface area contributed by atoms with Crippen molar-refractivity contribution >= 4 is 11.9 Å². The van der Waals surface area contributed by atoms with E-state index in [0.29, 0.717) is 6.42 Å². The summed E-state index contributed by atoms with van der Waals surface area (Å²) < 4.78 is 4.65. The predicted octanol–water partition coefficient (Wildman–Crippen LogP) is 0.164. The molecule has 0 aliphatic carbocycles. The van der Waals surface area contributed by atoms with Gasteiger partial charge in [-0.05, 0) is 32.6 Å². The summed E-state index contributed by atoms with van der Waals surface area (Å²) in [6.45, 7) is 6.97. The lowest BCUT2D eigenvalue weighted by Crippen LogP contribution is -2.42. The van der Waals surface area contributed by atoms with Crippen LogP contribution >= 0.6 is 0 Å². The second kappa shape index (κ2) is 8.24. The maximum absolute atomic E-state index is 11.7. The average molecular weight is 274 g/mol. The normalized spacial score (nSPS) is 19.1. The van der Waals surface area contributed by atoms with Crippen LogP contribution in [0.5, 0.6) is 0 Å². The molecule has 0 radical (unpaired) electrons. The van der Waals surface area contributed by atoms with Gasteiger partial charge in [0.2, 0.25) is 0 Å².